The number of aliphatic hydroxyl groups is 1. The molecule has 0 bridgehead atoms. The first-order valence-electron chi connectivity index (χ1n) is 8.28. The molecule has 0 spiro atoms. The largest absolute Gasteiger partial charge is 0.421 e. The molecule has 0 radical (unpaired) electrons. The van der Waals surface area contributed by atoms with Gasteiger partial charge in [0.2, 0.25) is 5.91 Å². The Morgan fingerprint density at radius 3 is 2.29 bits per heavy atom. The van der Waals surface area contributed by atoms with Gasteiger partial charge in [0, 0.05) is 24.0 Å². The molecule has 4 nitrogen and oxygen atoms in total. The molecule has 28 heavy (non-hydrogen) atoms. The van der Waals surface area contributed by atoms with Crippen LogP contribution in [0.1, 0.15) is 24.5 Å². The smallest absolute Gasteiger partial charge is 0.376 e. The third-order valence-electron chi connectivity index (χ3n) is 4.28. The van der Waals surface area contributed by atoms with Gasteiger partial charge in [-0.05, 0) is 54.3 Å². The molecule has 0 saturated carbocycles. The van der Waals surface area contributed by atoms with Crippen molar-refractivity contribution in [3.63, 3.8) is 0 Å². The van der Waals surface area contributed by atoms with Gasteiger partial charge in [-0.2, -0.15) is 13.2 Å². The molecule has 2 aromatic rings. The van der Waals surface area contributed by atoms with Gasteiger partial charge in [0.25, 0.3) is 0 Å². The second kappa shape index (κ2) is 8.59. The standard InChI is InChI=1S/C19H19Cl2F3N2O2/c1-12(27)26(2)25-17-5-3-4-13(8-17)6-7-18(28,19(22,23)24)14-9-15(20)11-16(21)10-14/h3-5,8-11,25,28H,6-7H2,1-2H3. The number of alkyl halides is 3. The van der Waals surface area contributed by atoms with Crippen LogP contribution in [0.3, 0.4) is 0 Å². The molecule has 2 aromatic carbocycles. The Hall–Kier alpha value is -1.96. The van der Waals surface area contributed by atoms with Crippen LogP contribution in [0.25, 0.3) is 0 Å². The van der Waals surface area contributed by atoms with E-state index in [0.717, 1.165) is 12.1 Å². The summed E-state index contributed by atoms with van der Waals surface area (Å²) in [6.45, 7) is 1.37. The summed E-state index contributed by atoms with van der Waals surface area (Å²) in [7, 11) is 1.53. The molecule has 0 fully saturated rings. The average Bonchev–Trinajstić information content (AvgIpc) is 2.58. The van der Waals surface area contributed by atoms with Gasteiger partial charge in [-0.1, -0.05) is 35.3 Å². The van der Waals surface area contributed by atoms with Gasteiger partial charge in [0.1, 0.15) is 0 Å². The third-order valence-corrected chi connectivity index (χ3v) is 4.72. The first kappa shape index (κ1) is 22.3. The first-order valence-corrected chi connectivity index (χ1v) is 9.03. The Kier molecular flexibility index (Phi) is 6.85. The van der Waals surface area contributed by atoms with E-state index < -0.39 is 23.8 Å². The highest BCUT2D eigenvalue weighted by atomic mass is 35.5. The van der Waals surface area contributed by atoms with Crippen molar-refractivity contribution >= 4 is 34.8 Å². The predicted molar refractivity (Wildman–Crippen MR) is 103 cm³/mol. The van der Waals surface area contributed by atoms with Crippen LogP contribution >= 0.6 is 23.2 Å². The van der Waals surface area contributed by atoms with Crippen molar-refractivity contribution in [3.8, 4) is 0 Å². The number of amides is 1. The van der Waals surface area contributed by atoms with Gasteiger partial charge in [0.15, 0.2) is 5.60 Å². The van der Waals surface area contributed by atoms with E-state index >= 15 is 0 Å². The Labute approximate surface area is 170 Å². The number of halogens is 5. The molecule has 0 saturated heterocycles. The van der Waals surface area contributed by atoms with E-state index in [1.807, 2.05) is 0 Å². The molecule has 0 aliphatic heterocycles. The summed E-state index contributed by atoms with van der Waals surface area (Å²) >= 11 is 11.6. The van der Waals surface area contributed by atoms with Crippen LogP contribution in [0, 0.1) is 0 Å². The highest BCUT2D eigenvalue weighted by molar-refractivity contribution is 6.34. The van der Waals surface area contributed by atoms with Crippen molar-refractivity contribution in [2.24, 2.45) is 0 Å². The van der Waals surface area contributed by atoms with Crippen molar-refractivity contribution < 1.29 is 23.1 Å². The van der Waals surface area contributed by atoms with Crippen LogP contribution in [0.5, 0.6) is 0 Å². The van der Waals surface area contributed by atoms with Gasteiger partial charge >= 0.3 is 6.18 Å². The summed E-state index contributed by atoms with van der Waals surface area (Å²) in [5, 5.41) is 11.8. The lowest BCUT2D eigenvalue weighted by Gasteiger charge is -2.31. The molecule has 1 unspecified atom stereocenters. The van der Waals surface area contributed by atoms with Crippen molar-refractivity contribution in [3.05, 3.63) is 63.6 Å². The van der Waals surface area contributed by atoms with Crippen molar-refractivity contribution in [2.75, 3.05) is 12.5 Å². The molecular formula is C19H19Cl2F3N2O2. The first-order chi connectivity index (χ1) is 12.9. The molecule has 2 rings (SSSR count). The van der Waals surface area contributed by atoms with Crippen molar-refractivity contribution in [1.29, 1.82) is 0 Å². The van der Waals surface area contributed by atoms with Crippen LogP contribution in [-0.4, -0.2) is 29.2 Å². The van der Waals surface area contributed by atoms with Gasteiger partial charge in [-0.15, -0.1) is 0 Å². The fourth-order valence-electron chi connectivity index (χ4n) is 2.64. The maximum absolute atomic E-state index is 13.7. The molecule has 0 aliphatic carbocycles. The molecule has 0 aromatic heterocycles. The Morgan fingerprint density at radius 1 is 1.14 bits per heavy atom. The molecule has 1 atom stereocenters. The number of anilines is 1. The van der Waals surface area contributed by atoms with Gasteiger partial charge in [-0.25, -0.2) is 0 Å². The fraction of sp³-hybridized carbons (Fsp3) is 0.316. The normalized spacial score (nSPS) is 13.7. The van der Waals surface area contributed by atoms with Crippen molar-refractivity contribution in [1.82, 2.24) is 5.01 Å². The van der Waals surface area contributed by atoms with Gasteiger partial charge in [-0.3, -0.25) is 15.2 Å². The van der Waals surface area contributed by atoms with E-state index in [9.17, 15) is 23.1 Å². The summed E-state index contributed by atoms with van der Waals surface area (Å²) in [4.78, 5) is 11.3. The monoisotopic (exact) mass is 434 g/mol. The number of hydrazine groups is 1. The van der Waals surface area contributed by atoms with E-state index in [-0.39, 0.29) is 22.4 Å². The summed E-state index contributed by atoms with van der Waals surface area (Å²) < 4.78 is 41.1. The molecule has 2 N–H and O–H groups in total. The Balaban J connectivity index is 2.26. The fourth-order valence-corrected chi connectivity index (χ4v) is 3.16. The van der Waals surface area contributed by atoms with E-state index in [0.29, 0.717) is 11.3 Å². The number of nitrogens with zero attached hydrogens (tertiary/aromatic N) is 1. The van der Waals surface area contributed by atoms with Crippen LogP contribution in [-0.2, 0) is 16.8 Å². The van der Waals surface area contributed by atoms with E-state index in [1.54, 1.807) is 24.3 Å². The summed E-state index contributed by atoms with van der Waals surface area (Å²) in [5.41, 5.74) is 0.388. The number of aryl methyl sites for hydroxylation is 1. The molecule has 152 valence electrons. The summed E-state index contributed by atoms with van der Waals surface area (Å²) in [6.07, 6.45) is -5.62. The predicted octanol–water partition coefficient (Wildman–Crippen LogP) is 5.18. The molecule has 0 aliphatic rings. The second-order valence-electron chi connectivity index (χ2n) is 6.41. The molecular weight excluding hydrogens is 416 g/mol. The lowest BCUT2D eigenvalue weighted by atomic mass is 9.87. The van der Waals surface area contributed by atoms with Crippen LogP contribution < -0.4 is 5.43 Å². The lowest BCUT2D eigenvalue weighted by molar-refractivity contribution is -0.269. The summed E-state index contributed by atoms with van der Waals surface area (Å²) in [6, 6.07) is 9.98. The second-order valence-corrected chi connectivity index (χ2v) is 7.28. The van der Waals surface area contributed by atoms with E-state index in [4.69, 9.17) is 23.2 Å². The highest BCUT2D eigenvalue weighted by Crippen LogP contribution is 2.43. The zero-order chi connectivity index (χ0) is 21.1. The average molecular weight is 435 g/mol. The topological polar surface area (TPSA) is 52.6 Å². The van der Waals surface area contributed by atoms with Crippen LogP contribution in [0.15, 0.2) is 42.5 Å². The number of nitrogens with one attached hydrogen (secondary N) is 1. The van der Waals surface area contributed by atoms with Crippen LogP contribution in [0.2, 0.25) is 10.0 Å². The number of carbonyl (C=O) groups excluding carboxylic acids is 1. The highest BCUT2D eigenvalue weighted by Gasteiger charge is 2.54. The quantitative estimate of drug-likeness (QED) is 0.615. The SMILES string of the molecule is CC(=O)N(C)Nc1cccc(CCC(O)(c2cc(Cl)cc(Cl)c2)C(F)(F)F)c1. The zero-order valence-electron chi connectivity index (χ0n) is 15.1. The molecule has 9 heteroatoms. The van der Waals surface area contributed by atoms with E-state index in [2.05, 4.69) is 5.43 Å². The number of carbonyl (C=O) groups is 1. The minimum Gasteiger partial charge on any atom is -0.376 e. The van der Waals surface area contributed by atoms with Crippen LogP contribution in [0.4, 0.5) is 18.9 Å². The van der Waals surface area contributed by atoms with Crippen molar-refractivity contribution in [2.45, 2.75) is 31.5 Å². The maximum Gasteiger partial charge on any atom is 0.421 e. The zero-order valence-corrected chi connectivity index (χ0v) is 16.7. The third kappa shape index (κ3) is 5.31. The maximum atomic E-state index is 13.7. The minimum atomic E-state index is -4.92. The Morgan fingerprint density at radius 2 is 1.75 bits per heavy atom. The number of hydrogen-bond donors (Lipinski definition) is 2. The number of hydrogen-bond acceptors (Lipinski definition) is 3. The van der Waals surface area contributed by atoms with Gasteiger partial charge < -0.3 is 5.11 Å². The Bertz CT molecular complexity index is 841. The molecule has 0 heterocycles. The minimum absolute atomic E-state index is 0.00337. The molecule has 1 amide bonds. The van der Waals surface area contributed by atoms with Gasteiger partial charge in [0.05, 0.1) is 5.69 Å². The van der Waals surface area contributed by atoms with E-state index in [1.165, 1.54) is 25.0 Å². The number of rotatable bonds is 6. The lowest BCUT2D eigenvalue weighted by Crippen LogP contribution is -2.42. The summed E-state index contributed by atoms with van der Waals surface area (Å²) in [5.74, 6) is -0.227. The number of benzene rings is 2.